The highest BCUT2D eigenvalue weighted by Crippen LogP contribution is 2.24. The number of guanidine groups is 1. The van der Waals surface area contributed by atoms with Crippen molar-refractivity contribution in [3.05, 3.63) is 59.4 Å². The molecule has 0 spiro atoms. The molecule has 0 unspecified atom stereocenters. The topological polar surface area (TPSA) is 62.9 Å². The van der Waals surface area contributed by atoms with Crippen LogP contribution < -0.4 is 16.0 Å². The van der Waals surface area contributed by atoms with Crippen LogP contribution >= 0.6 is 24.0 Å². The molecule has 0 saturated carbocycles. The van der Waals surface area contributed by atoms with Crippen LogP contribution in [-0.4, -0.2) is 32.3 Å². The van der Waals surface area contributed by atoms with E-state index in [0.29, 0.717) is 31.9 Å². The van der Waals surface area contributed by atoms with E-state index in [0.717, 1.165) is 23.9 Å². The van der Waals surface area contributed by atoms with Crippen LogP contribution in [0.5, 0.6) is 0 Å². The van der Waals surface area contributed by atoms with Crippen molar-refractivity contribution in [1.82, 2.24) is 0 Å². The van der Waals surface area contributed by atoms with Gasteiger partial charge in [-0.3, -0.25) is 0 Å². The Morgan fingerprint density at radius 2 is 1.74 bits per heavy atom. The quantitative estimate of drug-likeness (QED) is 0.390. The van der Waals surface area contributed by atoms with E-state index < -0.39 is 11.6 Å². The molecule has 0 bridgehead atoms. The number of nitrogens with two attached hydrogens (primary N) is 1. The summed E-state index contributed by atoms with van der Waals surface area (Å²) in [5.41, 5.74) is 7.15. The Morgan fingerprint density at radius 1 is 1.07 bits per heavy atom. The van der Waals surface area contributed by atoms with Crippen molar-refractivity contribution in [2.45, 2.75) is 6.54 Å². The molecule has 1 saturated heterocycles. The Morgan fingerprint density at radius 3 is 2.48 bits per heavy atom. The molecule has 0 aromatic heterocycles. The fourth-order valence-corrected chi connectivity index (χ4v) is 2.73. The van der Waals surface area contributed by atoms with Crippen LogP contribution in [0.15, 0.2) is 41.4 Å². The van der Waals surface area contributed by atoms with Crippen molar-refractivity contribution in [1.29, 1.82) is 0 Å². The van der Waals surface area contributed by atoms with Gasteiger partial charge >= 0.3 is 0 Å². The van der Waals surface area contributed by atoms with Crippen molar-refractivity contribution >= 4 is 41.3 Å². The SMILES string of the molecule is I.NC(=NCc1cc(F)ccc1N1CCOCC1)Nc1cc(F)ccc1F. The molecule has 9 heteroatoms. The monoisotopic (exact) mass is 492 g/mol. The smallest absolute Gasteiger partial charge is 0.193 e. The molecule has 27 heavy (non-hydrogen) atoms. The lowest BCUT2D eigenvalue weighted by Crippen LogP contribution is -2.36. The van der Waals surface area contributed by atoms with Gasteiger partial charge in [0.05, 0.1) is 25.4 Å². The number of halogens is 4. The molecule has 0 atom stereocenters. The molecule has 0 aliphatic carbocycles. The highest BCUT2D eigenvalue weighted by atomic mass is 127. The van der Waals surface area contributed by atoms with Crippen LogP contribution in [0, 0.1) is 17.5 Å². The minimum Gasteiger partial charge on any atom is -0.378 e. The third-order valence-corrected chi connectivity index (χ3v) is 4.00. The fraction of sp³-hybridized carbons (Fsp3) is 0.278. The maximum absolute atomic E-state index is 13.7. The zero-order valence-electron chi connectivity index (χ0n) is 14.4. The first-order chi connectivity index (χ1) is 12.5. The number of hydrogen-bond acceptors (Lipinski definition) is 3. The van der Waals surface area contributed by atoms with Gasteiger partial charge in [-0.25, -0.2) is 18.2 Å². The van der Waals surface area contributed by atoms with Crippen LogP contribution in [0.1, 0.15) is 5.56 Å². The van der Waals surface area contributed by atoms with Crippen LogP contribution in [-0.2, 0) is 11.3 Å². The second-order valence-corrected chi connectivity index (χ2v) is 5.82. The van der Waals surface area contributed by atoms with E-state index >= 15 is 0 Å². The normalized spacial score (nSPS) is 14.6. The molecule has 146 valence electrons. The molecule has 2 aromatic rings. The van der Waals surface area contributed by atoms with Gasteiger partial charge in [-0.15, -0.1) is 24.0 Å². The lowest BCUT2D eigenvalue weighted by Gasteiger charge is -2.30. The number of nitrogens with zero attached hydrogens (tertiary/aromatic N) is 2. The second-order valence-electron chi connectivity index (χ2n) is 5.82. The first kappa shape index (κ1) is 21.3. The summed E-state index contributed by atoms with van der Waals surface area (Å²) >= 11 is 0. The number of morpholine rings is 1. The summed E-state index contributed by atoms with van der Waals surface area (Å²) < 4.78 is 45.8. The molecular weight excluding hydrogens is 472 g/mol. The molecule has 5 nitrogen and oxygen atoms in total. The lowest BCUT2D eigenvalue weighted by molar-refractivity contribution is 0.122. The summed E-state index contributed by atoms with van der Waals surface area (Å²) in [5, 5.41) is 2.52. The van der Waals surface area contributed by atoms with Gasteiger partial charge < -0.3 is 20.7 Å². The molecule has 1 fully saturated rings. The summed E-state index contributed by atoms with van der Waals surface area (Å²) in [6.07, 6.45) is 0. The summed E-state index contributed by atoms with van der Waals surface area (Å²) in [5.74, 6) is -1.72. The Kier molecular flexibility index (Phi) is 7.72. The molecule has 3 rings (SSSR count). The lowest BCUT2D eigenvalue weighted by atomic mass is 10.1. The summed E-state index contributed by atoms with van der Waals surface area (Å²) in [6, 6.07) is 7.47. The minimum absolute atomic E-state index is 0. The van der Waals surface area contributed by atoms with E-state index in [1.807, 2.05) is 0 Å². The zero-order valence-corrected chi connectivity index (χ0v) is 16.8. The number of aliphatic imine (C=N–C) groups is 1. The highest BCUT2D eigenvalue weighted by Gasteiger charge is 2.15. The molecular formula is C18H20F3IN4O. The van der Waals surface area contributed by atoms with Crippen molar-refractivity contribution in [2.75, 3.05) is 36.5 Å². The van der Waals surface area contributed by atoms with Gasteiger partial charge in [0.25, 0.3) is 0 Å². The minimum atomic E-state index is -0.649. The van der Waals surface area contributed by atoms with E-state index in [9.17, 15) is 13.2 Å². The molecule has 0 radical (unpaired) electrons. The van der Waals surface area contributed by atoms with Crippen LogP contribution in [0.4, 0.5) is 24.5 Å². The maximum atomic E-state index is 13.7. The molecule has 3 N–H and O–H groups in total. The van der Waals surface area contributed by atoms with Gasteiger partial charge in [0.2, 0.25) is 0 Å². The van der Waals surface area contributed by atoms with Gasteiger partial charge in [-0.05, 0) is 35.9 Å². The molecule has 0 amide bonds. The van der Waals surface area contributed by atoms with Gasteiger partial charge in [0.15, 0.2) is 5.96 Å². The largest absolute Gasteiger partial charge is 0.378 e. The van der Waals surface area contributed by atoms with Crippen molar-refractivity contribution in [3.8, 4) is 0 Å². The number of hydrogen-bond donors (Lipinski definition) is 2. The van der Waals surface area contributed by atoms with E-state index in [1.54, 1.807) is 6.07 Å². The Labute approximate surface area is 172 Å². The van der Waals surface area contributed by atoms with Gasteiger partial charge in [-0.1, -0.05) is 0 Å². The Hall–Kier alpha value is -2.01. The second kappa shape index (κ2) is 9.79. The molecule has 1 aliphatic heterocycles. The predicted octanol–water partition coefficient (Wildman–Crippen LogP) is 3.49. The third-order valence-electron chi connectivity index (χ3n) is 4.00. The summed E-state index contributed by atoms with van der Waals surface area (Å²) in [6.45, 7) is 2.70. The summed E-state index contributed by atoms with van der Waals surface area (Å²) in [4.78, 5) is 6.21. The van der Waals surface area contributed by atoms with E-state index in [1.165, 1.54) is 12.1 Å². The molecule has 2 aromatic carbocycles. The molecule has 1 aliphatic rings. The molecule has 1 heterocycles. The number of ether oxygens (including phenoxy) is 1. The van der Waals surface area contributed by atoms with Gasteiger partial charge in [0, 0.05) is 24.8 Å². The standard InChI is InChI=1S/C18H19F3N4O.HI/c19-13-2-4-17(25-5-7-26-8-6-25)12(9-13)11-23-18(22)24-16-10-14(20)1-3-15(16)21;/h1-4,9-10H,5-8,11H2,(H3,22,23,24);1H. The number of rotatable bonds is 4. The first-order valence-electron chi connectivity index (χ1n) is 8.16. The van der Waals surface area contributed by atoms with E-state index in [-0.39, 0.29) is 48.0 Å². The van der Waals surface area contributed by atoms with Crippen LogP contribution in [0.25, 0.3) is 0 Å². The number of nitrogens with one attached hydrogen (secondary N) is 1. The first-order valence-corrected chi connectivity index (χ1v) is 8.16. The van der Waals surface area contributed by atoms with Crippen LogP contribution in [0.2, 0.25) is 0 Å². The van der Waals surface area contributed by atoms with Crippen LogP contribution in [0.3, 0.4) is 0 Å². The average Bonchev–Trinajstić information content (AvgIpc) is 2.64. The number of anilines is 2. The van der Waals surface area contributed by atoms with E-state index in [2.05, 4.69) is 15.2 Å². The van der Waals surface area contributed by atoms with Gasteiger partial charge in [0.1, 0.15) is 17.5 Å². The average molecular weight is 492 g/mol. The Balaban J connectivity index is 0.00000261. The van der Waals surface area contributed by atoms with Gasteiger partial charge in [-0.2, -0.15) is 0 Å². The Bertz CT molecular complexity index is 813. The van der Waals surface area contributed by atoms with Crippen molar-refractivity contribution in [3.63, 3.8) is 0 Å². The maximum Gasteiger partial charge on any atom is 0.193 e. The summed E-state index contributed by atoms with van der Waals surface area (Å²) in [7, 11) is 0. The van der Waals surface area contributed by atoms with Crippen molar-refractivity contribution < 1.29 is 17.9 Å². The third kappa shape index (κ3) is 5.73. The van der Waals surface area contributed by atoms with E-state index in [4.69, 9.17) is 10.5 Å². The predicted molar refractivity (Wildman–Crippen MR) is 110 cm³/mol. The van der Waals surface area contributed by atoms with Crippen molar-refractivity contribution in [2.24, 2.45) is 10.7 Å². The number of benzene rings is 2. The fourth-order valence-electron chi connectivity index (χ4n) is 2.73. The zero-order chi connectivity index (χ0) is 18.5. The highest BCUT2D eigenvalue weighted by molar-refractivity contribution is 14.0.